The zero-order valence-electron chi connectivity index (χ0n) is 18.7. The van der Waals surface area contributed by atoms with Crippen molar-refractivity contribution in [1.29, 1.82) is 0 Å². The van der Waals surface area contributed by atoms with Crippen molar-refractivity contribution < 1.29 is 9.59 Å². The summed E-state index contributed by atoms with van der Waals surface area (Å²) in [4.78, 5) is 22.2. The summed E-state index contributed by atoms with van der Waals surface area (Å²) < 4.78 is 0. The first kappa shape index (κ1) is 26.9. The minimum absolute atomic E-state index is 0.0917. The van der Waals surface area contributed by atoms with Gasteiger partial charge in [-0.25, -0.2) is 0 Å². The lowest BCUT2D eigenvalue weighted by Crippen LogP contribution is -2.23. The van der Waals surface area contributed by atoms with Gasteiger partial charge in [-0.15, -0.1) is 0 Å². The molecule has 0 spiro atoms. The summed E-state index contributed by atoms with van der Waals surface area (Å²) >= 11 is 0. The summed E-state index contributed by atoms with van der Waals surface area (Å²) in [6, 6.07) is 0. The van der Waals surface area contributed by atoms with Crippen molar-refractivity contribution >= 4 is 11.8 Å². The Balaban J connectivity index is 3.33. The predicted molar refractivity (Wildman–Crippen MR) is 120 cm³/mol. The molecule has 0 aromatic rings. The lowest BCUT2D eigenvalue weighted by atomic mass is 9.94. The summed E-state index contributed by atoms with van der Waals surface area (Å²) in [5, 5.41) is 0. The van der Waals surface area contributed by atoms with Gasteiger partial charge in [0.15, 0.2) is 0 Å². The smallest absolute Gasteiger partial charge is 0.220 e. The van der Waals surface area contributed by atoms with Gasteiger partial charge in [0, 0.05) is 12.3 Å². The van der Waals surface area contributed by atoms with Gasteiger partial charge in [0.2, 0.25) is 11.8 Å². The Morgan fingerprint density at radius 3 is 1.29 bits per heavy atom. The third-order valence-corrected chi connectivity index (χ3v) is 5.78. The first-order chi connectivity index (χ1) is 13.6. The van der Waals surface area contributed by atoms with Crippen LogP contribution in [0.1, 0.15) is 135 Å². The van der Waals surface area contributed by atoms with Gasteiger partial charge >= 0.3 is 0 Å². The highest BCUT2D eigenvalue weighted by atomic mass is 16.1. The quantitative estimate of drug-likeness (QED) is 0.208. The maximum atomic E-state index is 11.5. The van der Waals surface area contributed by atoms with Gasteiger partial charge in [-0.3, -0.25) is 9.59 Å². The Bertz CT molecular complexity index is 372. The maximum absolute atomic E-state index is 11.5. The molecule has 0 heterocycles. The maximum Gasteiger partial charge on any atom is 0.220 e. The predicted octanol–water partition coefficient (Wildman–Crippen LogP) is 6.40. The van der Waals surface area contributed by atoms with Crippen LogP contribution in [-0.2, 0) is 9.59 Å². The number of hydrogen-bond donors (Lipinski definition) is 2. The monoisotopic (exact) mass is 396 g/mol. The molecule has 0 bridgehead atoms. The Hall–Kier alpha value is -1.06. The van der Waals surface area contributed by atoms with Gasteiger partial charge in [0.1, 0.15) is 0 Å². The van der Waals surface area contributed by atoms with Crippen molar-refractivity contribution in [2.75, 3.05) is 0 Å². The van der Waals surface area contributed by atoms with E-state index >= 15 is 0 Å². The molecule has 0 radical (unpaired) electrons. The molecule has 0 aromatic carbocycles. The lowest BCUT2D eigenvalue weighted by molar-refractivity contribution is -0.123. The van der Waals surface area contributed by atoms with Gasteiger partial charge < -0.3 is 11.5 Å². The van der Waals surface area contributed by atoms with E-state index in [1.807, 2.05) is 0 Å². The second-order valence-electron chi connectivity index (χ2n) is 8.55. The minimum Gasteiger partial charge on any atom is -0.370 e. The molecule has 1 atom stereocenters. The van der Waals surface area contributed by atoms with E-state index in [1.165, 1.54) is 96.3 Å². The van der Waals surface area contributed by atoms with Crippen molar-refractivity contribution in [3.05, 3.63) is 0 Å². The molecule has 0 aromatic heterocycles. The van der Waals surface area contributed by atoms with Crippen LogP contribution in [0.2, 0.25) is 0 Å². The summed E-state index contributed by atoms with van der Waals surface area (Å²) in [5.41, 5.74) is 10.6. The lowest BCUT2D eigenvalue weighted by Gasteiger charge is -2.12. The molecular weight excluding hydrogens is 348 g/mol. The fourth-order valence-electron chi connectivity index (χ4n) is 3.89. The van der Waals surface area contributed by atoms with E-state index in [1.54, 1.807) is 0 Å². The molecule has 0 aliphatic heterocycles. The Morgan fingerprint density at radius 2 is 0.929 bits per heavy atom. The largest absolute Gasteiger partial charge is 0.370 e. The summed E-state index contributed by atoms with van der Waals surface area (Å²) in [6.07, 6.45) is 24.2. The second kappa shape index (κ2) is 20.7. The van der Waals surface area contributed by atoms with Crippen molar-refractivity contribution in [1.82, 2.24) is 0 Å². The number of amides is 2. The number of rotatable bonds is 22. The van der Waals surface area contributed by atoms with E-state index in [0.29, 0.717) is 19.3 Å². The van der Waals surface area contributed by atoms with Crippen molar-refractivity contribution in [2.45, 2.75) is 135 Å². The van der Waals surface area contributed by atoms with Crippen LogP contribution in [0.25, 0.3) is 0 Å². The number of unbranched alkanes of at least 4 members (excludes halogenated alkanes) is 15. The van der Waals surface area contributed by atoms with Gasteiger partial charge in [0.25, 0.3) is 0 Å². The van der Waals surface area contributed by atoms with E-state index in [0.717, 1.165) is 12.8 Å². The van der Waals surface area contributed by atoms with E-state index in [2.05, 4.69) is 6.92 Å². The number of carbonyl (C=O) groups excluding carboxylic acids is 2. The molecule has 4 nitrogen and oxygen atoms in total. The van der Waals surface area contributed by atoms with Crippen LogP contribution in [0.15, 0.2) is 0 Å². The van der Waals surface area contributed by atoms with Crippen molar-refractivity contribution in [2.24, 2.45) is 17.4 Å². The molecule has 0 saturated heterocycles. The van der Waals surface area contributed by atoms with Gasteiger partial charge in [-0.05, 0) is 19.3 Å². The molecule has 4 heteroatoms. The number of carbonyl (C=O) groups is 2. The average Bonchev–Trinajstić information content (AvgIpc) is 2.65. The first-order valence-electron chi connectivity index (χ1n) is 12.2. The molecule has 28 heavy (non-hydrogen) atoms. The summed E-state index contributed by atoms with van der Waals surface area (Å²) in [6.45, 7) is 2.27. The molecule has 166 valence electrons. The van der Waals surface area contributed by atoms with Crippen LogP contribution in [0, 0.1) is 5.92 Å². The van der Waals surface area contributed by atoms with Crippen molar-refractivity contribution in [3.63, 3.8) is 0 Å². The molecule has 0 aliphatic carbocycles. The molecular formula is C24H48N2O2. The van der Waals surface area contributed by atoms with Gasteiger partial charge in [0.05, 0.1) is 0 Å². The highest BCUT2D eigenvalue weighted by Crippen LogP contribution is 2.18. The number of hydrogen-bond acceptors (Lipinski definition) is 2. The summed E-state index contributed by atoms with van der Waals surface area (Å²) in [7, 11) is 0. The fraction of sp³-hybridized carbons (Fsp3) is 0.917. The average molecular weight is 397 g/mol. The highest BCUT2D eigenvalue weighted by Gasteiger charge is 2.14. The molecule has 0 saturated carbocycles. The second-order valence-corrected chi connectivity index (χ2v) is 8.55. The molecule has 0 fully saturated rings. The van der Waals surface area contributed by atoms with Crippen LogP contribution in [0.5, 0.6) is 0 Å². The molecule has 4 N–H and O–H groups in total. The topological polar surface area (TPSA) is 86.2 Å². The fourth-order valence-corrected chi connectivity index (χ4v) is 3.89. The molecule has 1 unspecified atom stereocenters. The molecule has 0 rings (SSSR count). The number of primary amides is 2. The third-order valence-electron chi connectivity index (χ3n) is 5.78. The van der Waals surface area contributed by atoms with Gasteiger partial charge in [-0.2, -0.15) is 0 Å². The van der Waals surface area contributed by atoms with Crippen LogP contribution in [0.3, 0.4) is 0 Å². The zero-order chi connectivity index (χ0) is 20.9. The van der Waals surface area contributed by atoms with Crippen LogP contribution < -0.4 is 11.5 Å². The minimum atomic E-state index is -0.300. The SMILES string of the molecule is CCCCCCCCCCCCCCCCCCC(CCCC(N)=O)C(N)=O. The van der Waals surface area contributed by atoms with E-state index in [9.17, 15) is 9.59 Å². The van der Waals surface area contributed by atoms with E-state index in [-0.39, 0.29) is 17.7 Å². The van der Waals surface area contributed by atoms with Crippen LogP contribution >= 0.6 is 0 Å². The summed E-state index contributed by atoms with van der Waals surface area (Å²) in [5.74, 6) is -0.623. The Labute approximate surface area is 174 Å². The molecule has 0 aliphatic rings. The zero-order valence-corrected chi connectivity index (χ0v) is 18.7. The van der Waals surface area contributed by atoms with Crippen LogP contribution in [-0.4, -0.2) is 11.8 Å². The van der Waals surface area contributed by atoms with Crippen molar-refractivity contribution in [3.8, 4) is 0 Å². The normalized spacial score (nSPS) is 12.2. The standard InChI is InChI=1S/C24H48N2O2/c1-2-3-4-5-6-7-8-9-10-11-12-13-14-15-16-17-19-22(24(26)28)20-18-21-23(25)27/h22H,2-21H2,1H3,(H2,25,27)(H2,26,28). The third kappa shape index (κ3) is 19.7. The highest BCUT2D eigenvalue weighted by molar-refractivity contribution is 5.77. The van der Waals surface area contributed by atoms with Gasteiger partial charge in [-0.1, -0.05) is 110 Å². The van der Waals surface area contributed by atoms with E-state index < -0.39 is 0 Å². The number of nitrogens with two attached hydrogens (primary N) is 2. The van der Waals surface area contributed by atoms with Crippen LogP contribution in [0.4, 0.5) is 0 Å². The molecule has 2 amide bonds. The Morgan fingerprint density at radius 1 is 0.571 bits per heavy atom. The Kier molecular flexibility index (Phi) is 19.9. The van der Waals surface area contributed by atoms with E-state index in [4.69, 9.17) is 11.5 Å². The first-order valence-corrected chi connectivity index (χ1v) is 12.2.